The molecular weight excluding hydrogens is 537 g/mol. The molecule has 5 rings (SSSR count). The number of carbonyl (C=O) groups is 3. The van der Waals surface area contributed by atoms with E-state index in [1.807, 2.05) is 0 Å². The second kappa shape index (κ2) is 10.4. The third-order valence-electron chi connectivity index (χ3n) is 6.33. The van der Waals surface area contributed by atoms with E-state index in [4.69, 9.17) is 37.4 Å². The van der Waals surface area contributed by atoms with Gasteiger partial charge in [-0.15, -0.1) is 0 Å². The van der Waals surface area contributed by atoms with E-state index in [-0.39, 0.29) is 30.6 Å². The number of benzene rings is 2. The lowest BCUT2D eigenvalue weighted by atomic mass is 9.92. The van der Waals surface area contributed by atoms with Crippen LogP contribution in [0.5, 0.6) is 11.5 Å². The van der Waals surface area contributed by atoms with Gasteiger partial charge in [-0.05, 0) is 41.5 Å². The fraction of sp³-hybridized carbons (Fsp3) is 0.231. The van der Waals surface area contributed by atoms with Gasteiger partial charge in [0.2, 0.25) is 6.10 Å². The highest BCUT2D eigenvalue weighted by Gasteiger charge is 2.37. The van der Waals surface area contributed by atoms with Crippen LogP contribution in [-0.2, 0) is 33.9 Å². The summed E-state index contributed by atoms with van der Waals surface area (Å²) in [6, 6.07) is 11.0. The normalized spacial score (nSPS) is 18.0. The third-order valence-corrected chi connectivity index (χ3v) is 7.02. The van der Waals surface area contributed by atoms with Crippen LogP contribution in [0.25, 0.3) is 0 Å². The van der Waals surface area contributed by atoms with E-state index in [0.29, 0.717) is 33.3 Å². The van der Waals surface area contributed by atoms with Gasteiger partial charge >= 0.3 is 12.1 Å². The Morgan fingerprint density at radius 2 is 1.95 bits per heavy atom. The zero-order valence-electron chi connectivity index (χ0n) is 19.9. The van der Waals surface area contributed by atoms with Gasteiger partial charge in [0.05, 0.1) is 24.4 Å². The van der Waals surface area contributed by atoms with Gasteiger partial charge in [-0.25, -0.2) is 14.6 Å². The summed E-state index contributed by atoms with van der Waals surface area (Å²) < 4.78 is 16.6. The number of anilines is 1. The Morgan fingerprint density at radius 3 is 2.63 bits per heavy atom. The van der Waals surface area contributed by atoms with Gasteiger partial charge in [0.25, 0.3) is 5.91 Å². The molecule has 196 valence electrons. The van der Waals surface area contributed by atoms with E-state index in [1.165, 1.54) is 7.11 Å². The molecule has 0 spiro atoms. The minimum Gasteiger partial charge on any atom is -0.489 e. The van der Waals surface area contributed by atoms with Crippen molar-refractivity contribution in [3.63, 3.8) is 0 Å². The summed E-state index contributed by atoms with van der Waals surface area (Å²) in [5.41, 5.74) is 3.22. The number of carboxylic acid groups (broad SMARTS) is 1. The number of hydrogen-bond acceptors (Lipinski definition) is 7. The number of hydrogen-bond donors (Lipinski definition) is 2. The highest BCUT2D eigenvalue weighted by Crippen LogP contribution is 2.39. The van der Waals surface area contributed by atoms with Gasteiger partial charge in [0, 0.05) is 23.7 Å². The van der Waals surface area contributed by atoms with Gasteiger partial charge in [-0.2, -0.15) is 0 Å². The summed E-state index contributed by atoms with van der Waals surface area (Å²) in [5.74, 6) is -0.0280. The number of carbonyl (C=O) groups excluding carboxylic acids is 2. The molecule has 1 unspecified atom stereocenters. The van der Waals surface area contributed by atoms with Crippen molar-refractivity contribution >= 4 is 46.9 Å². The highest BCUT2D eigenvalue weighted by atomic mass is 35.5. The summed E-state index contributed by atoms with van der Waals surface area (Å²) in [7, 11) is 1.21. The van der Waals surface area contributed by atoms with Gasteiger partial charge in [0.15, 0.2) is 0 Å². The molecule has 2 N–H and O–H groups in total. The molecule has 2 aliphatic heterocycles. The van der Waals surface area contributed by atoms with Crippen LogP contribution >= 0.6 is 23.2 Å². The van der Waals surface area contributed by atoms with Gasteiger partial charge < -0.3 is 24.6 Å². The summed E-state index contributed by atoms with van der Waals surface area (Å²) in [6.45, 7) is 0.215. The van der Waals surface area contributed by atoms with E-state index in [2.05, 4.69) is 10.3 Å². The van der Waals surface area contributed by atoms with Crippen LogP contribution in [0.15, 0.2) is 48.7 Å². The van der Waals surface area contributed by atoms with Crippen molar-refractivity contribution in [2.75, 3.05) is 12.4 Å². The summed E-state index contributed by atoms with van der Waals surface area (Å²) in [5, 5.41) is 13.0. The number of ether oxygens (including phenoxy) is 3. The monoisotopic (exact) mass is 557 g/mol. The Hall–Kier alpha value is -4.02. The minimum absolute atomic E-state index is 0.0138. The zero-order valence-corrected chi connectivity index (χ0v) is 21.5. The standard InChI is InChI=1S/C26H21Cl2N3O7/c1-36-25(33)20-8-15-7-19-21(9-16(15)11-31(20)26(34)35)38-22(24(32)30-19)14-2-4-17(5-3-14)37-12-13-6-18(27)23(28)29-10-13/h2-7,9-10,20,22H,8,11-12H2,1H3,(H,30,32)(H,34,35)/t20-,22?/m0/s1. The molecule has 3 heterocycles. The molecule has 0 radical (unpaired) electrons. The summed E-state index contributed by atoms with van der Waals surface area (Å²) in [6.07, 6.45) is -0.449. The highest BCUT2D eigenvalue weighted by molar-refractivity contribution is 6.41. The molecule has 2 atom stereocenters. The molecule has 0 fully saturated rings. The molecule has 0 aliphatic carbocycles. The van der Waals surface area contributed by atoms with E-state index in [0.717, 1.165) is 16.0 Å². The number of nitrogens with zero attached hydrogens (tertiary/aromatic N) is 2. The Bertz CT molecular complexity index is 1430. The van der Waals surface area contributed by atoms with Crippen molar-refractivity contribution in [1.82, 2.24) is 9.88 Å². The number of nitrogens with one attached hydrogen (secondary N) is 1. The van der Waals surface area contributed by atoms with Crippen molar-refractivity contribution in [3.8, 4) is 11.5 Å². The molecule has 3 aromatic rings. The van der Waals surface area contributed by atoms with Crippen molar-refractivity contribution < 1.29 is 33.7 Å². The molecule has 0 bridgehead atoms. The smallest absolute Gasteiger partial charge is 0.408 e. The fourth-order valence-corrected chi connectivity index (χ4v) is 4.69. The molecule has 38 heavy (non-hydrogen) atoms. The number of aromatic nitrogens is 1. The maximum absolute atomic E-state index is 12.9. The van der Waals surface area contributed by atoms with Crippen molar-refractivity contribution in [1.29, 1.82) is 0 Å². The van der Waals surface area contributed by atoms with Crippen LogP contribution in [0.4, 0.5) is 10.5 Å². The molecule has 12 heteroatoms. The number of esters is 1. The number of methoxy groups -OCH3 is 1. The second-order valence-electron chi connectivity index (χ2n) is 8.73. The van der Waals surface area contributed by atoms with Crippen LogP contribution in [0, 0.1) is 0 Å². The molecular formula is C26H21Cl2N3O7. The van der Waals surface area contributed by atoms with Crippen LogP contribution in [0.2, 0.25) is 10.2 Å². The third kappa shape index (κ3) is 5.05. The Morgan fingerprint density at radius 1 is 1.18 bits per heavy atom. The lowest BCUT2D eigenvalue weighted by molar-refractivity contribution is -0.146. The molecule has 10 nitrogen and oxygen atoms in total. The fourth-order valence-electron chi connectivity index (χ4n) is 4.40. The average Bonchev–Trinajstić information content (AvgIpc) is 2.91. The lowest BCUT2D eigenvalue weighted by Crippen LogP contribution is -2.48. The topological polar surface area (TPSA) is 127 Å². The number of pyridine rings is 1. The lowest BCUT2D eigenvalue weighted by Gasteiger charge is -2.34. The maximum Gasteiger partial charge on any atom is 0.408 e. The zero-order chi connectivity index (χ0) is 27.0. The number of fused-ring (bicyclic) bond motifs is 2. The first kappa shape index (κ1) is 25.6. The number of amides is 2. The summed E-state index contributed by atoms with van der Waals surface area (Å²) >= 11 is 11.8. The molecule has 1 aromatic heterocycles. The predicted octanol–water partition coefficient (Wildman–Crippen LogP) is 4.62. The van der Waals surface area contributed by atoms with E-state index >= 15 is 0 Å². The predicted molar refractivity (Wildman–Crippen MR) is 137 cm³/mol. The van der Waals surface area contributed by atoms with Crippen LogP contribution < -0.4 is 14.8 Å². The molecule has 2 amide bonds. The number of halogens is 2. The van der Waals surface area contributed by atoms with Gasteiger partial charge in [-0.1, -0.05) is 35.3 Å². The van der Waals surface area contributed by atoms with Crippen molar-refractivity contribution in [2.45, 2.75) is 31.7 Å². The van der Waals surface area contributed by atoms with E-state index in [9.17, 15) is 19.5 Å². The Labute approximate surface area is 227 Å². The molecule has 2 aromatic carbocycles. The minimum atomic E-state index is -1.23. The van der Waals surface area contributed by atoms with E-state index in [1.54, 1.807) is 48.7 Å². The molecule has 2 aliphatic rings. The maximum atomic E-state index is 12.9. The van der Waals surface area contributed by atoms with Crippen molar-refractivity contribution in [2.24, 2.45) is 0 Å². The van der Waals surface area contributed by atoms with Crippen molar-refractivity contribution in [3.05, 3.63) is 81.1 Å². The average molecular weight is 558 g/mol. The first-order chi connectivity index (χ1) is 18.2. The number of rotatable bonds is 5. The second-order valence-corrected chi connectivity index (χ2v) is 9.50. The summed E-state index contributed by atoms with van der Waals surface area (Å²) in [4.78, 5) is 41.8. The first-order valence-corrected chi connectivity index (χ1v) is 12.2. The largest absolute Gasteiger partial charge is 0.489 e. The Balaban J connectivity index is 1.31. The molecule has 0 saturated heterocycles. The van der Waals surface area contributed by atoms with Gasteiger partial charge in [-0.3, -0.25) is 9.69 Å². The van der Waals surface area contributed by atoms with Crippen LogP contribution in [-0.4, -0.2) is 46.1 Å². The van der Waals surface area contributed by atoms with Crippen LogP contribution in [0.1, 0.15) is 28.4 Å². The Kier molecular flexibility index (Phi) is 7.00. The quantitative estimate of drug-likeness (QED) is 0.343. The molecule has 0 saturated carbocycles. The van der Waals surface area contributed by atoms with Crippen LogP contribution in [0.3, 0.4) is 0 Å². The SMILES string of the molecule is COC(=O)[C@@H]1Cc2cc3c(cc2CN1C(=O)O)OC(c1ccc(OCc2cnc(Cl)c(Cl)c2)cc1)C(=O)N3. The van der Waals surface area contributed by atoms with E-state index < -0.39 is 24.2 Å². The van der Waals surface area contributed by atoms with Gasteiger partial charge in [0.1, 0.15) is 29.3 Å². The first-order valence-electron chi connectivity index (χ1n) is 11.5.